The molecule has 0 spiro atoms. The fraction of sp³-hybridized carbons (Fsp3) is 0.0435. The van der Waals surface area contributed by atoms with Crippen LogP contribution >= 0.6 is 27.7 Å². The highest BCUT2D eigenvalue weighted by Crippen LogP contribution is 2.32. The molecule has 0 aliphatic carbocycles. The molecule has 1 aliphatic heterocycles. The van der Waals surface area contributed by atoms with Gasteiger partial charge in [0.2, 0.25) is 0 Å². The summed E-state index contributed by atoms with van der Waals surface area (Å²) in [6, 6.07) is 17.3. The molecule has 1 fully saturated rings. The van der Waals surface area contributed by atoms with Crippen LogP contribution in [0.15, 0.2) is 81.1 Å². The van der Waals surface area contributed by atoms with Crippen molar-refractivity contribution in [1.29, 1.82) is 0 Å². The molecule has 1 heterocycles. The molecular weight excluding hydrogens is 486 g/mol. The van der Waals surface area contributed by atoms with E-state index < -0.39 is 0 Å². The largest absolute Gasteiger partial charge is 0.488 e. The van der Waals surface area contributed by atoms with Crippen molar-refractivity contribution >= 4 is 50.5 Å². The average molecular weight is 501 g/mol. The SMILES string of the molecule is O=C1NC(=Nc2ccc(F)cc2)S/C1=C/c1cc(Br)ccc1OCc1cccc(F)c1. The summed E-state index contributed by atoms with van der Waals surface area (Å²) in [5.41, 5.74) is 1.92. The van der Waals surface area contributed by atoms with E-state index in [1.54, 1.807) is 24.3 Å². The van der Waals surface area contributed by atoms with E-state index in [1.807, 2.05) is 12.1 Å². The first kappa shape index (κ1) is 21.3. The first-order valence-electron chi connectivity index (χ1n) is 9.18. The van der Waals surface area contributed by atoms with Crippen LogP contribution in [0, 0.1) is 11.6 Å². The Morgan fingerprint density at radius 1 is 1.03 bits per heavy atom. The lowest BCUT2D eigenvalue weighted by atomic mass is 10.1. The number of thioether (sulfide) groups is 1. The molecule has 4 nitrogen and oxygen atoms in total. The minimum atomic E-state index is -0.354. The van der Waals surface area contributed by atoms with Crippen LogP contribution in [0.4, 0.5) is 14.5 Å². The summed E-state index contributed by atoms with van der Waals surface area (Å²) in [5.74, 6) is -0.418. The van der Waals surface area contributed by atoms with Gasteiger partial charge in [0.15, 0.2) is 5.17 Å². The van der Waals surface area contributed by atoms with Gasteiger partial charge in [-0.3, -0.25) is 4.79 Å². The second-order valence-corrected chi connectivity index (χ2v) is 8.51. The summed E-state index contributed by atoms with van der Waals surface area (Å²) in [6.45, 7) is 0.187. The van der Waals surface area contributed by atoms with Gasteiger partial charge in [0.05, 0.1) is 10.6 Å². The Labute approximate surface area is 190 Å². The number of aliphatic imine (C=N–C) groups is 1. The van der Waals surface area contributed by atoms with E-state index in [-0.39, 0.29) is 24.1 Å². The van der Waals surface area contributed by atoms with Crippen LogP contribution in [-0.4, -0.2) is 11.1 Å². The summed E-state index contributed by atoms with van der Waals surface area (Å²) in [5, 5.41) is 3.11. The van der Waals surface area contributed by atoms with E-state index in [0.29, 0.717) is 32.6 Å². The standard InChI is InChI=1S/C23H15BrF2N2O2S/c24-16-4-9-20(30-13-14-2-1-3-18(26)10-14)15(11-16)12-21-22(29)28-23(31-21)27-19-7-5-17(25)6-8-19/h1-12H,13H2,(H,27,28,29)/b21-12+. The lowest BCUT2D eigenvalue weighted by Crippen LogP contribution is -2.19. The maximum absolute atomic E-state index is 13.4. The zero-order chi connectivity index (χ0) is 21.8. The van der Waals surface area contributed by atoms with E-state index in [1.165, 1.54) is 48.2 Å². The highest BCUT2D eigenvalue weighted by atomic mass is 79.9. The van der Waals surface area contributed by atoms with Crippen LogP contribution in [0.5, 0.6) is 5.75 Å². The monoisotopic (exact) mass is 500 g/mol. The van der Waals surface area contributed by atoms with Crippen molar-refractivity contribution < 1.29 is 18.3 Å². The summed E-state index contributed by atoms with van der Waals surface area (Å²) >= 11 is 4.61. The van der Waals surface area contributed by atoms with Crippen molar-refractivity contribution in [2.75, 3.05) is 0 Å². The van der Waals surface area contributed by atoms with E-state index >= 15 is 0 Å². The zero-order valence-electron chi connectivity index (χ0n) is 15.9. The van der Waals surface area contributed by atoms with Crippen molar-refractivity contribution in [3.05, 3.63) is 98.9 Å². The van der Waals surface area contributed by atoms with Crippen LogP contribution in [0.1, 0.15) is 11.1 Å². The van der Waals surface area contributed by atoms with Gasteiger partial charge in [-0.15, -0.1) is 0 Å². The quantitative estimate of drug-likeness (QED) is 0.424. The summed E-state index contributed by atoms with van der Waals surface area (Å²) in [4.78, 5) is 17.2. The van der Waals surface area contributed by atoms with Gasteiger partial charge in [0, 0.05) is 10.0 Å². The molecule has 31 heavy (non-hydrogen) atoms. The van der Waals surface area contributed by atoms with Crippen LogP contribution < -0.4 is 10.1 Å². The van der Waals surface area contributed by atoms with E-state index in [2.05, 4.69) is 26.2 Å². The fourth-order valence-corrected chi connectivity index (χ4v) is 4.02. The molecule has 8 heteroatoms. The maximum atomic E-state index is 13.4. The lowest BCUT2D eigenvalue weighted by molar-refractivity contribution is -0.115. The Kier molecular flexibility index (Phi) is 6.48. The molecule has 0 radical (unpaired) electrons. The van der Waals surface area contributed by atoms with Gasteiger partial charge < -0.3 is 10.1 Å². The minimum Gasteiger partial charge on any atom is -0.488 e. The molecule has 156 valence electrons. The number of carbonyl (C=O) groups excluding carboxylic acids is 1. The number of amidine groups is 1. The molecule has 0 bridgehead atoms. The molecule has 0 unspecified atom stereocenters. The number of nitrogens with one attached hydrogen (secondary N) is 1. The van der Waals surface area contributed by atoms with Crippen LogP contribution in [-0.2, 0) is 11.4 Å². The molecule has 1 saturated heterocycles. The highest BCUT2D eigenvalue weighted by molar-refractivity contribution is 9.10. The predicted octanol–water partition coefficient (Wildman–Crippen LogP) is 6.20. The first-order valence-corrected chi connectivity index (χ1v) is 10.8. The minimum absolute atomic E-state index is 0.187. The molecule has 0 saturated carbocycles. The van der Waals surface area contributed by atoms with Crippen molar-refractivity contribution in [2.24, 2.45) is 4.99 Å². The third-order valence-corrected chi connectivity index (χ3v) is 5.65. The normalized spacial score (nSPS) is 16.0. The van der Waals surface area contributed by atoms with Crippen LogP contribution in [0.2, 0.25) is 0 Å². The predicted molar refractivity (Wildman–Crippen MR) is 122 cm³/mol. The van der Waals surface area contributed by atoms with Gasteiger partial charge in [-0.1, -0.05) is 28.1 Å². The number of amides is 1. The second-order valence-electron chi connectivity index (χ2n) is 6.56. The van der Waals surface area contributed by atoms with Crippen LogP contribution in [0.3, 0.4) is 0 Å². The molecule has 4 rings (SSSR count). The Hall–Kier alpha value is -2.97. The van der Waals surface area contributed by atoms with Crippen molar-refractivity contribution in [2.45, 2.75) is 6.61 Å². The fourth-order valence-electron chi connectivity index (χ4n) is 2.81. The summed E-state index contributed by atoms with van der Waals surface area (Å²) in [7, 11) is 0. The lowest BCUT2D eigenvalue weighted by Gasteiger charge is -2.10. The molecule has 1 N–H and O–H groups in total. The van der Waals surface area contributed by atoms with E-state index in [9.17, 15) is 13.6 Å². The third-order valence-electron chi connectivity index (χ3n) is 4.25. The molecule has 0 aromatic heterocycles. The maximum Gasteiger partial charge on any atom is 0.264 e. The van der Waals surface area contributed by atoms with E-state index in [4.69, 9.17) is 4.74 Å². The van der Waals surface area contributed by atoms with Gasteiger partial charge in [-0.05, 0) is 78.0 Å². The number of hydrogen-bond donors (Lipinski definition) is 1. The third kappa shape index (κ3) is 5.59. The number of ether oxygens (including phenoxy) is 1. The number of carbonyl (C=O) groups is 1. The Morgan fingerprint density at radius 3 is 2.61 bits per heavy atom. The molecule has 3 aromatic carbocycles. The number of benzene rings is 3. The van der Waals surface area contributed by atoms with Gasteiger partial charge >= 0.3 is 0 Å². The Bertz CT molecular complexity index is 1200. The van der Waals surface area contributed by atoms with Gasteiger partial charge in [0.1, 0.15) is 24.0 Å². The molecule has 1 aliphatic rings. The average Bonchev–Trinajstić information content (AvgIpc) is 3.08. The molecule has 3 aromatic rings. The molecule has 1 amide bonds. The number of halogens is 3. The number of rotatable bonds is 5. The van der Waals surface area contributed by atoms with Crippen molar-refractivity contribution in [3.8, 4) is 5.75 Å². The van der Waals surface area contributed by atoms with Crippen molar-refractivity contribution in [3.63, 3.8) is 0 Å². The highest BCUT2D eigenvalue weighted by Gasteiger charge is 2.24. The van der Waals surface area contributed by atoms with Gasteiger partial charge in [-0.2, -0.15) is 0 Å². The van der Waals surface area contributed by atoms with E-state index in [0.717, 1.165) is 4.47 Å². The zero-order valence-corrected chi connectivity index (χ0v) is 18.3. The summed E-state index contributed by atoms with van der Waals surface area (Å²) < 4.78 is 33.2. The smallest absolute Gasteiger partial charge is 0.264 e. The molecular formula is C23H15BrF2N2O2S. The molecule has 0 atom stereocenters. The number of hydrogen-bond acceptors (Lipinski definition) is 4. The number of nitrogens with zero attached hydrogens (tertiary/aromatic N) is 1. The van der Waals surface area contributed by atoms with Crippen molar-refractivity contribution in [1.82, 2.24) is 5.32 Å². The van der Waals surface area contributed by atoms with Gasteiger partial charge in [0.25, 0.3) is 5.91 Å². The second kappa shape index (κ2) is 9.45. The van der Waals surface area contributed by atoms with Gasteiger partial charge in [-0.25, -0.2) is 13.8 Å². The van der Waals surface area contributed by atoms with Crippen LogP contribution in [0.25, 0.3) is 6.08 Å². The summed E-state index contributed by atoms with van der Waals surface area (Å²) in [6.07, 6.45) is 1.71. The topological polar surface area (TPSA) is 50.7 Å². The Balaban J connectivity index is 1.55. The first-order chi connectivity index (χ1) is 15.0. The Morgan fingerprint density at radius 2 is 1.84 bits per heavy atom.